The zero-order valence-electron chi connectivity index (χ0n) is 17.5. The van der Waals surface area contributed by atoms with Gasteiger partial charge in [0.05, 0.1) is 18.1 Å². The Balaban J connectivity index is 0.000000806. The smallest absolute Gasteiger partial charge is 0.304 e. The average Bonchev–Trinajstić information content (AvgIpc) is 3.35. The van der Waals surface area contributed by atoms with E-state index in [1.807, 2.05) is 32.0 Å². The Hall–Kier alpha value is -2.45. The molecule has 2 bridgehead atoms. The summed E-state index contributed by atoms with van der Waals surface area (Å²) in [6, 6.07) is 5.80. The molecule has 8 nitrogen and oxygen atoms in total. The van der Waals surface area contributed by atoms with Gasteiger partial charge in [-0.05, 0) is 49.9 Å². The van der Waals surface area contributed by atoms with Crippen LogP contribution in [0.2, 0.25) is 0 Å². The molecule has 1 amide bonds. The van der Waals surface area contributed by atoms with E-state index >= 15 is 0 Å². The largest absolute Gasteiger partial charge is 0.483 e. The number of rotatable bonds is 6. The summed E-state index contributed by atoms with van der Waals surface area (Å²) in [7, 11) is 0. The van der Waals surface area contributed by atoms with Gasteiger partial charge in [-0.1, -0.05) is 6.07 Å². The van der Waals surface area contributed by atoms with Crippen LogP contribution in [0.1, 0.15) is 40.7 Å². The van der Waals surface area contributed by atoms with Gasteiger partial charge in [-0.2, -0.15) is 0 Å². The molecular weight excluding hydrogens is 388 g/mol. The molecule has 4 atom stereocenters. The molecular formula is C22H30N2O6. The standard InChI is InChI=1S/C21H28N2O4.CH2O2/c1-13-3-4-15(9-14(13)2)20(26)22-10-16-17-11-23(8-6-19(24)25)12-21(17)7-5-18(16)27-21;2-1-3/h3-4,9,16-18H,5-8,10-12H2,1-2H3,(H,22,26)(H,24,25);1H,(H,2,3)/t16-,17+,18+,21+;/m0./s1. The molecule has 0 saturated carbocycles. The first-order valence-corrected chi connectivity index (χ1v) is 10.3. The Morgan fingerprint density at radius 3 is 2.73 bits per heavy atom. The van der Waals surface area contributed by atoms with Crippen molar-refractivity contribution in [3.63, 3.8) is 0 Å². The van der Waals surface area contributed by atoms with Crippen molar-refractivity contribution in [3.05, 3.63) is 34.9 Å². The minimum Gasteiger partial charge on any atom is -0.483 e. The van der Waals surface area contributed by atoms with Crippen molar-refractivity contribution in [1.29, 1.82) is 0 Å². The second kappa shape index (κ2) is 9.14. The number of benzene rings is 1. The lowest BCUT2D eigenvalue weighted by atomic mass is 9.73. The van der Waals surface area contributed by atoms with E-state index in [1.54, 1.807) is 0 Å². The highest BCUT2D eigenvalue weighted by molar-refractivity contribution is 5.94. The van der Waals surface area contributed by atoms with Crippen LogP contribution in [-0.2, 0) is 14.3 Å². The number of hydrogen-bond acceptors (Lipinski definition) is 5. The van der Waals surface area contributed by atoms with Gasteiger partial charge < -0.3 is 20.3 Å². The van der Waals surface area contributed by atoms with Gasteiger partial charge in [-0.3, -0.25) is 19.3 Å². The van der Waals surface area contributed by atoms with E-state index in [9.17, 15) is 9.59 Å². The van der Waals surface area contributed by atoms with Crippen LogP contribution >= 0.6 is 0 Å². The van der Waals surface area contributed by atoms with Crippen molar-refractivity contribution in [2.45, 2.75) is 44.8 Å². The molecule has 164 valence electrons. The molecule has 0 radical (unpaired) electrons. The molecule has 3 N–H and O–H groups in total. The number of nitrogens with zero attached hydrogens (tertiary/aromatic N) is 1. The predicted octanol–water partition coefficient (Wildman–Crippen LogP) is 1.69. The van der Waals surface area contributed by atoms with Crippen LogP contribution in [0, 0.1) is 25.7 Å². The molecule has 3 heterocycles. The van der Waals surface area contributed by atoms with Gasteiger partial charge >= 0.3 is 5.97 Å². The number of carboxylic acid groups (broad SMARTS) is 2. The van der Waals surface area contributed by atoms with Crippen LogP contribution in [-0.4, -0.2) is 71.3 Å². The molecule has 30 heavy (non-hydrogen) atoms. The quantitative estimate of drug-likeness (QED) is 0.602. The lowest BCUT2D eigenvalue weighted by molar-refractivity contribution is -0.137. The SMILES string of the molecule is Cc1ccc(C(=O)NC[C@H]2[C@H]3CN(CCC(=O)O)C[C@]34CC[C@H]2O4)cc1C.O=CO. The third kappa shape index (κ3) is 4.49. The Bertz CT molecular complexity index is 813. The molecule has 0 aliphatic carbocycles. The first kappa shape index (κ1) is 22.2. The molecule has 3 saturated heterocycles. The van der Waals surface area contributed by atoms with Crippen LogP contribution in [0.4, 0.5) is 0 Å². The van der Waals surface area contributed by atoms with E-state index in [-0.39, 0.29) is 30.5 Å². The number of aryl methyl sites for hydroxylation is 2. The van der Waals surface area contributed by atoms with Crippen LogP contribution in [0.3, 0.4) is 0 Å². The first-order valence-electron chi connectivity index (χ1n) is 10.3. The van der Waals surface area contributed by atoms with Gasteiger partial charge in [0.25, 0.3) is 12.4 Å². The molecule has 3 fully saturated rings. The highest BCUT2D eigenvalue weighted by Gasteiger charge is 2.62. The third-order valence-electron chi connectivity index (χ3n) is 6.76. The second-order valence-electron chi connectivity index (χ2n) is 8.52. The Morgan fingerprint density at radius 2 is 2.07 bits per heavy atom. The number of nitrogens with one attached hydrogen (secondary N) is 1. The number of ether oxygens (including phenoxy) is 1. The molecule has 8 heteroatoms. The van der Waals surface area contributed by atoms with Gasteiger partial charge in [0.15, 0.2) is 0 Å². The van der Waals surface area contributed by atoms with Crippen molar-refractivity contribution in [2.75, 3.05) is 26.2 Å². The van der Waals surface area contributed by atoms with Gasteiger partial charge in [0.2, 0.25) is 0 Å². The van der Waals surface area contributed by atoms with E-state index in [0.29, 0.717) is 30.5 Å². The van der Waals surface area contributed by atoms with E-state index in [0.717, 1.165) is 31.5 Å². The van der Waals surface area contributed by atoms with Crippen molar-refractivity contribution in [3.8, 4) is 0 Å². The van der Waals surface area contributed by atoms with Crippen LogP contribution < -0.4 is 5.32 Å². The van der Waals surface area contributed by atoms with Gasteiger partial charge in [0, 0.05) is 43.6 Å². The Labute approximate surface area is 176 Å². The Kier molecular flexibility index (Phi) is 6.77. The van der Waals surface area contributed by atoms with Gasteiger partial charge in [-0.25, -0.2) is 0 Å². The highest BCUT2D eigenvalue weighted by Crippen LogP contribution is 2.54. The minimum absolute atomic E-state index is 0.0318. The summed E-state index contributed by atoms with van der Waals surface area (Å²) in [5.74, 6) is -0.100. The lowest BCUT2D eigenvalue weighted by Crippen LogP contribution is -2.41. The maximum Gasteiger partial charge on any atom is 0.304 e. The van der Waals surface area contributed by atoms with E-state index in [4.69, 9.17) is 19.7 Å². The zero-order chi connectivity index (χ0) is 21.9. The summed E-state index contributed by atoms with van der Waals surface area (Å²) >= 11 is 0. The van der Waals surface area contributed by atoms with Crippen LogP contribution in [0.25, 0.3) is 0 Å². The van der Waals surface area contributed by atoms with Crippen LogP contribution in [0.5, 0.6) is 0 Å². The highest BCUT2D eigenvalue weighted by atomic mass is 16.5. The fourth-order valence-corrected chi connectivity index (χ4v) is 5.18. The maximum atomic E-state index is 12.6. The van der Waals surface area contributed by atoms with E-state index < -0.39 is 5.97 Å². The third-order valence-corrected chi connectivity index (χ3v) is 6.76. The van der Waals surface area contributed by atoms with Crippen molar-refractivity contribution >= 4 is 18.3 Å². The topological polar surface area (TPSA) is 116 Å². The monoisotopic (exact) mass is 418 g/mol. The van der Waals surface area contributed by atoms with Gasteiger partial charge in [-0.15, -0.1) is 0 Å². The number of likely N-dealkylation sites (tertiary alicyclic amines) is 1. The molecule has 0 unspecified atom stereocenters. The molecule has 0 aromatic heterocycles. The zero-order valence-corrected chi connectivity index (χ0v) is 17.5. The molecule has 4 rings (SSSR count). The number of amides is 1. The summed E-state index contributed by atoms with van der Waals surface area (Å²) in [4.78, 5) is 34.0. The first-order chi connectivity index (χ1) is 14.3. The fourth-order valence-electron chi connectivity index (χ4n) is 5.18. The normalized spacial score (nSPS) is 29.1. The van der Waals surface area contributed by atoms with E-state index in [1.165, 1.54) is 5.56 Å². The van der Waals surface area contributed by atoms with Crippen molar-refractivity contribution in [2.24, 2.45) is 11.8 Å². The number of fused-ring (bicyclic) bond motifs is 1. The lowest BCUT2D eigenvalue weighted by Gasteiger charge is -2.29. The fraction of sp³-hybridized carbons (Fsp3) is 0.591. The summed E-state index contributed by atoms with van der Waals surface area (Å²) in [6.45, 7) is 6.69. The second-order valence-corrected chi connectivity index (χ2v) is 8.52. The summed E-state index contributed by atoms with van der Waals surface area (Å²) in [6.07, 6.45) is 2.47. The molecule has 1 aromatic carbocycles. The van der Waals surface area contributed by atoms with Crippen LogP contribution in [0.15, 0.2) is 18.2 Å². The minimum atomic E-state index is -0.757. The van der Waals surface area contributed by atoms with Crippen molar-refractivity contribution < 1.29 is 29.3 Å². The molecule has 3 aliphatic heterocycles. The van der Waals surface area contributed by atoms with E-state index in [2.05, 4.69) is 10.2 Å². The number of carbonyl (C=O) groups is 3. The molecule has 1 aromatic rings. The summed E-state index contributed by atoms with van der Waals surface area (Å²) in [5, 5.41) is 18.9. The average molecular weight is 418 g/mol. The Morgan fingerprint density at radius 1 is 1.33 bits per heavy atom. The molecule has 3 aliphatic rings. The van der Waals surface area contributed by atoms with Crippen molar-refractivity contribution in [1.82, 2.24) is 10.2 Å². The summed E-state index contributed by atoms with van der Waals surface area (Å²) in [5.41, 5.74) is 2.88. The number of aliphatic carboxylic acids is 1. The maximum absolute atomic E-state index is 12.6. The number of hydrogen-bond donors (Lipinski definition) is 3. The number of carboxylic acids is 1. The molecule has 1 spiro atoms. The summed E-state index contributed by atoms with van der Waals surface area (Å²) < 4.78 is 6.37. The number of carbonyl (C=O) groups excluding carboxylic acids is 1. The predicted molar refractivity (Wildman–Crippen MR) is 109 cm³/mol. The van der Waals surface area contributed by atoms with Gasteiger partial charge in [0.1, 0.15) is 0 Å².